The maximum absolute atomic E-state index is 14.4. The lowest BCUT2D eigenvalue weighted by Gasteiger charge is -2.34. The Hall–Kier alpha value is -4.45. The van der Waals surface area contributed by atoms with Crippen molar-refractivity contribution in [3.8, 4) is 0 Å². The number of sulfonamides is 1. The summed E-state index contributed by atoms with van der Waals surface area (Å²) in [6.45, 7) is 1.01. The number of halogens is 2. The molecule has 45 heavy (non-hydrogen) atoms. The van der Waals surface area contributed by atoms with Gasteiger partial charge in [-0.15, -0.1) is 0 Å². The highest BCUT2D eigenvalue weighted by Crippen LogP contribution is 2.30. The fourth-order valence-corrected chi connectivity index (χ4v) is 6.65. The van der Waals surface area contributed by atoms with Crippen LogP contribution < -0.4 is 9.62 Å². The minimum absolute atomic E-state index is 0.0999. The third-order valence-electron chi connectivity index (χ3n) is 6.95. The molecule has 0 fully saturated rings. The van der Waals surface area contributed by atoms with Crippen LogP contribution in [-0.4, -0.2) is 49.2 Å². The number of nitrogens with one attached hydrogen (secondary N) is 1. The number of likely N-dealkylation sites (N-methyl/N-ethyl adjacent to an activating group) is 1. The van der Waals surface area contributed by atoms with Crippen LogP contribution in [0, 0.1) is 10.1 Å². The van der Waals surface area contributed by atoms with E-state index in [1.165, 1.54) is 47.4 Å². The molecule has 0 spiro atoms. The molecule has 0 bridgehead atoms. The summed E-state index contributed by atoms with van der Waals surface area (Å²) in [5.74, 6) is -1.23. The van der Waals surface area contributed by atoms with Gasteiger partial charge in [-0.25, -0.2) is 8.42 Å². The van der Waals surface area contributed by atoms with Crippen molar-refractivity contribution in [2.45, 2.75) is 30.8 Å². The van der Waals surface area contributed by atoms with Crippen LogP contribution in [-0.2, 0) is 32.6 Å². The molecule has 10 nitrogen and oxygen atoms in total. The van der Waals surface area contributed by atoms with Gasteiger partial charge in [0.1, 0.15) is 12.6 Å². The van der Waals surface area contributed by atoms with Crippen LogP contribution in [0.5, 0.6) is 0 Å². The number of nitro benzene ring substituents is 1. The van der Waals surface area contributed by atoms with Crippen molar-refractivity contribution in [2.24, 2.45) is 0 Å². The third kappa shape index (κ3) is 8.18. The van der Waals surface area contributed by atoms with Crippen LogP contribution in [0.2, 0.25) is 10.0 Å². The van der Waals surface area contributed by atoms with Gasteiger partial charge in [-0.3, -0.25) is 24.0 Å². The normalized spacial score (nSPS) is 11.8. The first-order chi connectivity index (χ1) is 21.5. The Bertz CT molecular complexity index is 1750. The minimum atomic E-state index is -4.42. The predicted octanol–water partition coefficient (Wildman–Crippen LogP) is 5.87. The quantitative estimate of drug-likeness (QED) is 0.140. The van der Waals surface area contributed by atoms with E-state index in [0.717, 1.165) is 15.9 Å². The number of hydrogen-bond acceptors (Lipinski definition) is 6. The molecule has 0 saturated carbocycles. The Morgan fingerprint density at radius 3 is 2.09 bits per heavy atom. The second kappa shape index (κ2) is 15.0. The second-order valence-electron chi connectivity index (χ2n) is 9.92. The van der Waals surface area contributed by atoms with Crippen molar-refractivity contribution in [3.05, 3.63) is 134 Å². The van der Waals surface area contributed by atoms with Crippen molar-refractivity contribution in [3.63, 3.8) is 0 Å². The molecule has 4 aromatic carbocycles. The number of non-ortho nitro benzene ring substituents is 1. The van der Waals surface area contributed by atoms with Crippen LogP contribution in [0.1, 0.15) is 18.1 Å². The molecule has 1 N–H and O–H groups in total. The number of nitro groups is 1. The Morgan fingerprint density at radius 2 is 1.49 bits per heavy atom. The molecule has 4 rings (SSSR count). The number of rotatable bonds is 13. The first kappa shape index (κ1) is 33.4. The van der Waals surface area contributed by atoms with E-state index in [-0.39, 0.29) is 45.8 Å². The number of anilines is 1. The summed E-state index contributed by atoms with van der Waals surface area (Å²) < 4.78 is 28.8. The standard InChI is InChI=1S/C32H30Cl2N4O6S/c1-2-35-32(40)30(19-23-11-5-3-6-12-23)36(21-27-28(33)17-10-18-29(27)34)31(39)22-37(24-13-9-14-25(20-24)38(41)42)45(43,44)26-15-7-4-8-16-26/h3-18,20,30H,2,19,21-22H2,1H3,(H,35,40)/t30-/m1/s1. The van der Waals surface area contributed by atoms with E-state index in [9.17, 15) is 28.1 Å². The van der Waals surface area contributed by atoms with Crippen LogP contribution in [0.4, 0.5) is 11.4 Å². The molecular weight excluding hydrogens is 639 g/mol. The molecule has 0 aliphatic rings. The zero-order chi connectivity index (χ0) is 32.6. The van der Waals surface area contributed by atoms with Gasteiger partial charge in [0.05, 0.1) is 15.5 Å². The van der Waals surface area contributed by atoms with Crippen LogP contribution in [0.25, 0.3) is 0 Å². The summed E-state index contributed by atoms with van der Waals surface area (Å²) in [7, 11) is -4.42. The van der Waals surface area contributed by atoms with Gasteiger partial charge in [0.15, 0.2) is 0 Å². The number of carbonyl (C=O) groups excluding carboxylic acids is 2. The number of amides is 2. The Balaban J connectivity index is 1.85. The third-order valence-corrected chi connectivity index (χ3v) is 9.45. The SMILES string of the molecule is CCNC(=O)[C@@H](Cc1ccccc1)N(Cc1c(Cl)cccc1Cl)C(=O)CN(c1cccc([N+](=O)[O-])c1)S(=O)(=O)c1ccccc1. The number of carbonyl (C=O) groups is 2. The lowest BCUT2D eigenvalue weighted by Crippen LogP contribution is -2.53. The molecule has 0 saturated heterocycles. The highest BCUT2D eigenvalue weighted by Gasteiger charge is 2.35. The lowest BCUT2D eigenvalue weighted by atomic mass is 10.0. The van der Waals surface area contributed by atoms with Crippen molar-refractivity contribution < 1.29 is 22.9 Å². The number of hydrogen-bond donors (Lipinski definition) is 1. The second-order valence-corrected chi connectivity index (χ2v) is 12.6. The smallest absolute Gasteiger partial charge is 0.271 e. The molecule has 234 valence electrons. The van der Waals surface area contributed by atoms with Gasteiger partial charge < -0.3 is 10.2 Å². The van der Waals surface area contributed by atoms with Crippen LogP contribution >= 0.6 is 23.2 Å². The largest absolute Gasteiger partial charge is 0.355 e. The summed E-state index contributed by atoms with van der Waals surface area (Å²) in [4.78, 5) is 40.0. The average molecular weight is 670 g/mol. The fraction of sp³-hybridized carbons (Fsp3) is 0.188. The monoisotopic (exact) mass is 668 g/mol. The molecule has 0 radical (unpaired) electrons. The van der Waals surface area contributed by atoms with Crippen molar-refractivity contribution >= 4 is 56.4 Å². The highest BCUT2D eigenvalue weighted by molar-refractivity contribution is 7.92. The molecule has 0 aliphatic heterocycles. The lowest BCUT2D eigenvalue weighted by molar-refractivity contribution is -0.384. The maximum Gasteiger partial charge on any atom is 0.271 e. The topological polar surface area (TPSA) is 130 Å². The van der Waals surface area contributed by atoms with Gasteiger partial charge in [-0.1, -0.05) is 83.9 Å². The summed E-state index contributed by atoms with van der Waals surface area (Å²) in [6.07, 6.45) is 0.0999. The van der Waals surface area contributed by atoms with Crippen molar-refractivity contribution in [1.82, 2.24) is 10.2 Å². The van der Waals surface area contributed by atoms with Gasteiger partial charge in [-0.2, -0.15) is 0 Å². The molecule has 0 aliphatic carbocycles. The van der Waals surface area contributed by atoms with E-state index in [0.29, 0.717) is 5.56 Å². The van der Waals surface area contributed by atoms with E-state index in [2.05, 4.69) is 5.32 Å². The average Bonchev–Trinajstić information content (AvgIpc) is 3.03. The zero-order valence-corrected chi connectivity index (χ0v) is 26.5. The molecule has 0 unspecified atom stereocenters. The van der Waals surface area contributed by atoms with E-state index >= 15 is 0 Å². The fourth-order valence-electron chi connectivity index (χ4n) is 4.71. The van der Waals surface area contributed by atoms with Gasteiger partial charge >= 0.3 is 0 Å². The van der Waals surface area contributed by atoms with E-state index in [1.54, 1.807) is 43.3 Å². The van der Waals surface area contributed by atoms with Crippen molar-refractivity contribution in [2.75, 3.05) is 17.4 Å². The predicted molar refractivity (Wildman–Crippen MR) is 174 cm³/mol. The molecule has 13 heteroatoms. The minimum Gasteiger partial charge on any atom is -0.355 e. The van der Waals surface area contributed by atoms with E-state index in [4.69, 9.17) is 23.2 Å². The number of benzene rings is 4. The van der Waals surface area contributed by atoms with Crippen molar-refractivity contribution in [1.29, 1.82) is 0 Å². The van der Waals surface area contributed by atoms with Gasteiger partial charge in [0.2, 0.25) is 11.8 Å². The van der Waals surface area contributed by atoms with Crippen LogP contribution in [0.3, 0.4) is 0 Å². The molecule has 1 atom stereocenters. The van der Waals surface area contributed by atoms with E-state index < -0.39 is 39.3 Å². The number of nitrogens with zero attached hydrogens (tertiary/aromatic N) is 3. The zero-order valence-electron chi connectivity index (χ0n) is 24.2. The first-order valence-electron chi connectivity index (χ1n) is 13.9. The molecule has 0 aromatic heterocycles. The van der Waals surface area contributed by atoms with Gasteiger partial charge in [0.25, 0.3) is 15.7 Å². The Morgan fingerprint density at radius 1 is 0.889 bits per heavy atom. The van der Waals surface area contributed by atoms with E-state index in [1.807, 2.05) is 18.2 Å². The summed E-state index contributed by atoms with van der Waals surface area (Å²) >= 11 is 13.0. The Kier molecular flexibility index (Phi) is 11.2. The van der Waals surface area contributed by atoms with Gasteiger partial charge in [-0.05, 0) is 42.8 Å². The Labute approximate surface area is 271 Å². The molecule has 4 aromatic rings. The maximum atomic E-state index is 14.4. The molecular formula is C32H30Cl2N4O6S. The first-order valence-corrected chi connectivity index (χ1v) is 16.1. The molecule has 0 heterocycles. The summed E-state index contributed by atoms with van der Waals surface area (Å²) in [6, 6.07) is 25.2. The van der Waals surface area contributed by atoms with Gasteiger partial charge in [0, 0.05) is 47.3 Å². The summed E-state index contributed by atoms with van der Waals surface area (Å²) in [5, 5.41) is 14.9. The highest BCUT2D eigenvalue weighted by atomic mass is 35.5. The molecule has 2 amide bonds. The van der Waals surface area contributed by atoms with Crippen LogP contribution in [0.15, 0.2) is 108 Å². The summed E-state index contributed by atoms with van der Waals surface area (Å²) in [5.41, 5.74) is 0.653.